The van der Waals surface area contributed by atoms with Gasteiger partial charge in [-0.3, -0.25) is 0 Å². The first kappa shape index (κ1) is 5.39. The van der Waals surface area contributed by atoms with Gasteiger partial charge in [-0.2, -0.15) is 0 Å². The van der Waals surface area contributed by atoms with Gasteiger partial charge in [0.15, 0.2) is 0 Å². The first-order chi connectivity index (χ1) is 2.97. The van der Waals surface area contributed by atoms with E-state index in [9.17, 15) is 0 Å². The fraction of sp³-hybridized carbons (Fsp3) is 1.00. The molecule has 0 aromatic rings. The molecule has 0 amide bonds. The van der Waals surface area contributed by atoms with Crippen molar-refractivity contribution in [1.29, 1.82) is 0 Å². The van der Waals surface area contributed by atoms with E-state index in [-0.39, 0.29) is 13.8 Å². The highest BCUT2D eigenvalue weighted by Gasteiger charge is 2.40. The van der Waals surface area contributed by atoms with E-state index in [4.69, 9.17) is 0 Å². The summed E-state index contributed by atoms with van der Waals surface area (Å²) in [4.78, 5) is 0. The van der Waals surface area contributed by atoms with Crippen LogP contribution in [0.3, 0.4) is 0 Å². The van der Waals surface area contributed by atoms with Gasteiger partial charge in [0.1, 0.15) is 0 Å². The third-order valence-electron chi connectivity index (χ3n) is 1.88. The SMILES string of the molecule is C1NCC2CC12.[Cl-].[H+]. The highest BCUT2D eigenvalue weighted by Crippen LogP contribution is 2.40. The van der Waals surface area contributed by atoms with Gasteiger partial charge in [-0.25, -0.2) is 0 Å². The molecule has 2 heteroatoms. The van der Waals surface area contributed by atoms with E-state index in [1.165, 1.54) is 19.5 Å². The van der Waals surface area contributed by atoms with Crippen molar-refractivity contribution in [2.45, 2.75) is 6.42 Å². The van der Waals surface area contributed by atoms with Crippen molar-refractivity contribution < 1.29 is 13.8 Å². The molecule has 1 saturated heterocycles. The maximum absolute atomic E-state index is 3.32. The second-order valence-electron chi connectivity index (χ2n) is 2.41. The van der Waals surface area contributed by atoms with Crippen LogP contribution in [-0.4, -0.2) is 13.1 Å². The number of fused-ring (bicyclic) bond motifs is 1. The topological polar surface area (TPSA) is 12.0 Å². The highest BCUT2D eigenvalue weighted by atomic mass is 35.5. The van der Waals surface area contributed by atoms with Gasteiger partial charge < -0.3 is 17.7 Å². The Bertz CT molecular complexity index is 70.8. The van der Waals surface area contributed by atoms with Crippen LogP contribution < -0.4 is 17.7 Å². The van der Waals surface area contributed by atoms with E-state index in [2.05, 4.69) is 5.32 Å². The lowest BCUT2D eigenvalue weighted by atomic mass is 10.4. The van der Waals surface area contributed by atoms with E-state index in [0.717, 1.165) is 11.8 Å². The molecular weight excluding hydrogens is 110 g/mol. The number of hydrogen-bond donors (Lipinski definition) is 1. The second kappa shape index (κ2) is 1.64. The molecule has 2 rings (SSSR count). The Morgan fingerprint density at radius 2 is 1.86 bits per heavy atom. The average Bonchev–Trinajstić information content (AvgIpc) is 2.17. The molecule has 0 spiro atoms. The number of rotatable bonds is 0. The Kier molecular flexibility index (Phi) is 1.26. The van der Waals surface area contributed by atoms with Crippen LogP contribution in [0.15, 0.2) is 0 Å². The van der Waals surface area contributed by atoms with E-state index >= 15 is 0 Å². The largest absolute Gasteiger partial charge is 1.00 e. The van der Waals surface area contributed by atoms with Crippen LogP contribution in [0.2, 0.25) is 0 Å². The zero-order valence-electron chi connectivity index (χ0n) is 5.15. The standard InChI is InChI=1S/C5H9N.ClH/c1-4-2-6-3-5(1)4;/h4-6H,1-3H2;1H. The van der Waals surface area contributed by atoms with Gasteiger partial charge in [0.05, 0.1) is 0 Å². The fourth-order valence-electron chi connectivity index (χ4n) is 1.26. The molecule has 0 bridgehead atoms. The number of piperidine rings is 1. The molecule has 1 N–H and O–H groups in total. The molecule has 2 fully saturated rings. The summed E-state index contributed by atoms with van der Waals surface area (Å²) in [5, 5.41) is 3.32. The molecule has 0 aromatic heterocycles. The van der Waals surface area contributed by atoms with E-state index in [1.807, 2.05) is 0 Å². The van der Waals surface area contributed by atoms with Crippen molar-refractivity contribution in [2.24, 2.45) is 11.8 Å². The Morgan fingerprint density at radius 3 is 2.00 bits per heavy atom. The molecule has 7 heavy (non-hydrogen) atoms. The monoisotopic (exact) mass is 119 g/mol. The van der Waals surface area contributed by atoms with Crippen molar-refractivity contribution >= 4 is 0 Å². The van der Waals surface area contributed by atoms with Crippen LogP contribution >= 0.6 is 0 Å². The van der Waals surface area contributed by atoms with Crippen molar-refractivity contribution in [2.75, 3.05) is 13.1 Å². The molecule has 0 aromatic carbocycles. The summed E-state index contributed by atoms with van der Waals surface area (Å²) in [6, 6.07) is 0. The van der Waals surface area contributed by atoms with Gasteiger partial charge in [-0.15, -0.1) is 0 Å². The third kappa shape index (κ3) is 0.752. The molecular formula is C5H10ClN. The lowest BCUT2D eigenvalue weighted by Gasteiger charge is -1.87. The van der Waals surface area contributed by atoms with Crippen LogP contribution in [0.25, 0.3) is 0 Å². The minimum atomic E-state index is 0. The second-order valence-corrected chi connectivity index (χ2v) is 2.41. The summed E-state index contributed by atoms with van der Waals surface area (Å²) in [7, 11) is 0. The van der Waals surface area contributed by atoms with Crippen LogP contribution in [0.4, 0.5) is 0 Å². The predicted molar refractivity (Wildman–Crippen MR) is 25.6 cm³/mol. The van der Waals surface area contributed by atoms with Crippen molar-refractivity contribution in [3.63, 3.8) is 0 Å². The summed E-state index contributed by atoms with van der Waals surface area (Å²) in [5.74, 6) is 2.20. The van der Waals surface area contributed by atoms with Crippen molar-refractivity contribution in [3.05, 3.63) is 0 Å². The van der Waals surface area contributed by atoms with Gasteiger partial charge in [-0.1, -0.05) is 0 Å². The average molecular weight is 120 g/mol. The molecule has 0 radical (unpaired) electrons. The third-order valence-corrected chi connectivity index (χ3v) is 1.88. The molecule has 2 aliphatic rings. The van der Waals surface area contributed by atoms with E-state index in [1.54, 1.807) is 0 Å². The quantitative estimate of drug-likeness (QED) is 0.367. The van der Waals surface area contributed by atoms with Crippen molar-refractivity contribution in [3.8, 4) is 0 Å². The molecule has 1 aliphatic heterocycles. The molecule has 2 unspecified atom stereocenters. The summed E-state index contributed by atoms with van der Waals surface area (Å²) < 4.78 is 0. The Balaban J connectivity index is 0.000000245. The van der Waals surface area contributed by atoms with Gasteiger partial charge in [0.25, 0.3) is 0 Å². The van der Waals surface area contributed by atoms with Crippen LogP contribution in [0, 0.1) is 11.8 Å². The lowest BCUT2D eigenvalue weighted by Crippen LogP contribution is -3.00. The van der Waals surface area contributed by atoms with Gasteiger partial charge in [0, 0.05) is 0 Å². The Morgan fingerprint density at radius 1 is 1.29 bits per heavy atom. The summed E-state index contributed by atoms with van der Waals surface area (Å²) in [5.41, 5.74) is 0. The fourth-order valence-corrected chi connectivity index (χ4v) is 1.26. The van der Waals surface area contributed by atoms with Crippen molar-refractivity contribution in [1.82, 2.24) is 5.32 Å². The Labute approximate surface area is 51.4 Å². The van der Waals surface area contributed by atoms with Crippen LogP contribution in [0.5, 0.6) is 0 Å². The van der Waals surface area contributed by atoms with E-state index < -0.39 is 0 Å². The predicted octanol–water partition coefficient (Wildman–Crippen LogP) is -2.66. The Hall–Kier alpha value is 0.250. The highest BCUT2D eigenvalue weighted by molar-refractivity contribution is 4.94. The number of nitrogens with one attached hydrogen (secondary N) is 1. The lowest BCUT2D eigenvalue weighted by molar-refractivity contribution is -0.00000127. The minimum Gasteiger partial charge on any atom is -1.00 e. The summed E-state index contributed by atoms with van der Waals surface area (Å²) >= 11 is 0. The van der Waals surface area contributed by atoms with Crippen LogP contribution in [-0.2, 0) is 0 Å². The van der Waals surface area contributed by atoms with Gasteiger partial charge in [-0.05, 0) is 31.3 Å². The number of halogens is 1. The summed E-state index contributed by atoms with van der Waals surface area (Å²) in [6.07, 6.45) is 1.52. The van der Waals surface area contributed by atoms with Gasteiger partial charge >= 0.3 is 1.43 Å². The zero-order valence-corrected chi connectivity index (χ0v) is 4.91. The smallest absolute Gasteiger partial charge is 1.00 e. The molecule has 1 aliphatic carbocycles. The molecule has 2 atom stereocenters. The normalized spacial score (nSPS) is 44.6. The first-order valence-electron chi connectivity index (χ1n) is 2.67. The number of hydrogen-bond acceptors (Lipinski definition) is 1. The first-order valence-corrected chi connectivity index (χ1v) is 2.67. The molecule has 1 nitrogen and oxygen atoms in total. The maximum Gasteiger partial charge on any atom is 1.00 e. The minimum absolute atomic E-state index is 0. The molecule has 1 saturated carbocycles. The molecule has 1 heterocycles. The van der Waals surface area contributed by atoms with E-state index in [0.29, 0.717) is 0 Å². The molecule has 42 valence electrons. The van der Waals surface area contributed by atoms with Gasteiger partial charge in [0.2, 0.25) is 0 Å². The van der Waals surface area contributed by atoms with Crippen LogP contribution in [0.1, 0.15) is 7.85 Å². The zero-order chi connectivity index (χ0) is 3.98. The maximum atomic E-state index is 3.32. The summed E-state index contributed by atoms with van der Waals surface area (Å²) in [6.45, 7) is 2.62.